The Kier molecular flexibility index (Phi) is 5.24. The lowest BCUT2D eigenvalue weighted by Gasteiger charge is -2.25. The van der Waals surface area contributed by atoms with E-state index in [1.807, 2.05) is 23.1 Å². The van der Waals surface area contributed by atoms with Gasteiger partial charge in [-0.25, -0.2) is 4.98 Å². The summed E-state index contributed by atoms with van der Waals surface area (Å²) < 4.78 is 5.25. The molecule has 29 heavy (non-hydrogen) atoms. The highest BCUT2D eigenvalue weighted by Crippen LogP contribution is 2.32. The van der Waals surface area contributed by atoms with Crippen molar-refractivity contribution in [2.24, 2.45) is 0 Å². The predicted octanol–water partition coefficient (Wildman–Crippen LogP) is 3.54. The lowest BCUT2D eigenvalue weighted by Crippen LogP contribution is -2.43. The number of nitrogens with zero attached hydrogens (tertiary/aromatic N) is 3. The van der Waals surface area contributed by atoms with Crippen LogP contribution < -0.4 is 10.2 Å². The molecule has 1 aromatic carbocycles. The lowest BCUT2D eigenvalue weighted by molar-refractivity contribution is -0.384. The van der Waals surface area contributed by atoms with E-state index in [4.69, 9.17) is 4.42 Å². The molecule has 1 aliphatic rings. The number of aromatic nitrogens is 1. The van der Waals surface area contributed by atoms with Crippen LogP contribution in [0.15, 0.2) is 65.3 Å². The van der Waals surface area contributed by atoms with Gasteiger partial charge >= 0.3 is 0 Å². The highest BCUT2D eigenvalue weighted by atomic mass is 16.6. The van der Waals surface area contributed by atoms with Gasteiger partial charge < -0.3 is 14.6 Å². The molecule has 1 N–H and O–H groups in total. The molecule has 4 rings (SSSR count). The maximum Gasteiger partial charge on any atom is 0.295 e. The van der Waals surface area contributed by atoms with Crippen LogP contribution >= 0.6 is 0 Å². The number of carbonyl (C=O) groups is 1. The van der Waals surface area contributed by atoms with Crippen molar-refractivity contribution in [3.63, 3.8) is 0 Å². The van der Waals surface area contributed by atoms with Gasteiger partial charge in [0.1, 0.15) is 17.6 Å². The molecule has 1 aliphatic heterocycles. The van der Waals surface area contributed by atoms with Crippen LogP contribution in [-0.4, -0.2) is 28.4 Å². The molecule has 1 unspecified atom stereocenters. The third-order valence-electron chi connectivity index (χ3n) is 4.97. The highest BCUT2D eigenvalue weighted by Gasteiger charge is 2.32. The van der Waals surface area contributed by atoms with Gasteiger partial charge in [0.25, 0.3) is 5.69 Å². The second-order valence-corrected chi connectivity index (χ2v) is 6.81. The van der Waals surface area contributed by atoms with Crippen molar-refractivity contribution in [3.8, 4) is 11.3 Å². The zero-order valence-corrected chi connectivity index (χ0v) is 15.7. The molecule has 0 bridgehead atoms. The topological polar surface area (TPSA) is 102 Å². The van der Waals surface area contributed by atoms with Crippen molar-refractivity contribution < 1.29 is 14.1 Å². The van der Waals surface area contributed by atoms with Crippen LogP contribution in [0.5, 0.6) is 0 Å². The van der Waals surface area contributed by atoms with E-state index in [0.29, 0.717) is 42.3 Å². The minimum absolute atomic E-state index is 0.0574. The predicted molar refractivity (Wildman–Crippen MR) is 107 cm³/mol. The van der Waals surface area contributed by atoms with Gasteiger partial charge in [-0.15, -0.1) is 0 Å². The number of nitrogens with one attached hydrogen (secondary N) is 1. The number of rotatable bonds is 6. The van der Waals surface area contributed by atoms with E-state index < -0.39 is 4.92 Å². The smallest absolute Gasteiger partial charge is 0.295 e. The summed E-state index contributed by atoms with van der Waals surface area (Å²) in [5.74, 6) is 1.13. The van der Waals surface area contributed by atoms with Gasteiger partial charge in [-0.2, -0.15) is 0 Å². The molecule has 1 fully saturated rings. The van der Waals surface area contributed by atoms with Crippen LogP contribution in [0.1, 0.15) is 18.6 Å². The molecule has 148 valence electrons. The molecule has 0 saturated carbocycles. The van der Waals surface area contributed by atoms with Gasteiger partial charge in [0, 0.05) is 18.2 Å². The molecule has 2 aromatic heterocycles. The molecule has 1 amide bonds. The van der Waals surface area contributed by atoms with Crippen molar-refractivity contribution in [1.82, 2.24) is 10.3 Å². The van der Waals surface area contributed by atoms with Crippen molar-refractivity contribution in [2.45, 2.75) is 25.4 Å². The van der Waals surface area contributed by atoms with Crippen molar-refractivity contribution in [3.05, 3.63) is 76.7 Å². The van der Waals surface area contributed by atoms with Crippen LogP contribution in [-0.2, 0) is 11.3 Å². The molecule has 3 heterocycles. The second kappa shape index (κ2) is 8.14. The number of hydrogen-bond donors (Lipinski definition) is 1. The number of benzene rings is 1. The molecule has 8 nitrogen and oxygen atoms in total. The summed E-state index contributed by atoms with van der Waals surface area (Å²) in [5.41, 5.74) is 0.909. The SMILES string of the molecule is O=C(NCc1ccco1)C1CCCN1c1ccc([N+](=O)[O-])c(-c2ccccc2)n1. The first-order chi connectivity index (χ1) is 14.1. The molecule has 0 spiro atoms. The van der Waals surface area contributed by atoms with Gasteiger partial charge in [-0.3, -0.25) is 14.9 Å². The lowest BCUT2D eigenvalue weighted by atomic mass is 10.1. The third-order valence-corrected chi connectivity index (χ3v) is 4.97. The molecule has 1 atom stereocenters. The first-order valence-electron chi connectivity index (χ1n) is 9.41. The summed E-state index contributed by atoms with van der Waals surface area (Å²) in [6.07, 6.45) is 3.11. The van der Waals surface area contributed by atoms with E-state index >= 15 is 0 Å². The summed E-state index contributed by atoms with van der Waals surface area (Å²) in [6.45, 7) is 0.983. The van der Waals surface area contributed by atoms with Crippen molar-refractivity contribution in [2.75, 3.05) is 11.4 Å². The molecule has 0 aliphatic carbocycles. The van der Waals surface area contributed by atoms with Gasteiger partial charge in [0.15, 0.2) is 5.69 Å². The van der Waals surface area contributed by atoms with Crippen LogP contribution in [0.2, 0.25) is 0 Å². The maximum atomic E-state index is 12.7. The van der Waals surface area contributed by atoms with E-state index in [1.165, 1.54) is 6.07 Å². The first kappa shape index (κ1) is 18.7. The first-order valence-corrected chi connectivity index (χ1v) is 9.41. The molecule has 8 heteroatoms. The van der Waals surface area contributed by atoms with Crippen LogP contribution in [0.3, 0.4) is 0 Å². The average Bonchev–Trinajstić information content (AvgIpc) is 3.44. The van der Waals surface area contributed by atoms with E-state index in [-0.39, 0.29) is 17.6 Å². The van der Waals surface area contributed by atoms with Crippen LogP contribution in [0, 0.1) is 10.1 Å². The quantitative estimate of drug-likeness (QED) is 0.509. The van der Waals surface area contributed by atoms with Crippen molar-refractivity contribution >= 4 is 17.4 Å². The average molecular weight is 392 g/mol. The standard InChI is InChI=1S/C21H20N4O4/c26-21(22-14-16-8-5-13-29-16)18-9-4-12-24(18)19-11-10-17(25(27)28)20(23-19)15-6-2-1-3-7-15/h1-3,5-8,10-11,13,18H,4,9,12,14H2,(H,22,26). The fraction of sp³-hybridized carbons (Fsp3) is 0.238. The fourth-order valence-electron chi connectivity index (χ4n) is 3.58. The Morgan fingerprint density at radius 1 is 1.21 bits per heavy atom. The van der Waals surface area contributed by atoms with Gasteiger partial charge in [0.05, 0.1) is 17.7 Å². The summed E-state index contributed by atoms with van der Waals surface area (Å²) >= 11 is 0. The second-order valence-electron chi connectivity index (χ2n) is 6.81. The van der Waals surface area contributed by atoms with E-state index in [9.17, 15) is 14.9 Å². The Balaban J connectivity index is 1.59. The minimum Gasteiger partial charge on any atom is -0.467 e. The Morgan fingerprint density at radius 2 is 2.03 bits per heavy atom. The Hall–Kier alpha value is -3.68. The summed E-state index contributed by atoms with van der Waals surface area (Å²) in [6, 6.07) is 15.3. The number of nitro groups is 1. The van der Waals surface area contributed by atoms with Gasteiger partial charge in [-0.05, 0) is 31.0 Å². The normalized spacial score (nSPS) is 16.0. The van der Waals surface area contributed by atoms with E-state index in [0.717, 1.165) is 6.42 Å². The summed E-state index contributed by atoms with van der Waals surface area (Å²) in [5, 5.41) is 14.4. The third kappa shape index (κ3) is 3.96. The Bertz CT molecular complexity index is 1000. The number of carbonyl (C=O) groups excluding carboxylic acids is 1. The summed E-state index contributed by atoms with van der Waals surface area (Å²) in [7, 11) is 0. The monoisotopic (exact) mass is 392 g/mol. The van der Waals surface area contributed by atoms with Crippen molar-refractivity contribution in [1.29, 1.82) is 0 Å². The van der Waals surface area contributed by atoms with Gasteiger partial charge in [0.2, 0.25) is 5.91 Å². The summed E-state index contributed by atoms with van der Waals surface area (Å²) in [4.78, 5) is 30.3. The zero-order valence-electron chi connectivity index (χ0n) is 15.7. The minimum atomic E-state index is -0.434. The van der Waals surface area contributed by atoms with E-state index in [1.54, 1.807) is 36.6 Å². The molecular formula is C21H20N4O4. The number of pyridine rings is 1. The molecule has 0 radical (unpaired) electrons. The van der Waals surface area contributed by atoms with E-state index in [2.05, 4.69) is 10.3 Å². The zero-order chi connectivity index (χ0) is 20.2. The van der Waals surface area contributed by atoms with Gasteiger partial charge in [-0.1, -0.05) is 30.3 Å². The number of hydrogen-bond acceptors (Lipinski definition) is 6. The number of furan rings is 1. The number of anilines is 1. The Morgan fingerprint density at radius 3 is 2.76 bits per heavy atom. The fourth-order valence-corrected chi connectivity index (χ4v) is 3.58. The Labute approximate surface area is 167 Å². The van der Waals surface area contributed by atoms with Crippen LogP contribution in [0.4, 0.5) is 11.5 Å². The molecule has 3 aromatic rings. The molecular weight excluding hydrogens is 372 g/mol. The molecule has 1 saturated heterocycles. The maximum absolute atomic E-state index is 12.7. The largest absolute Gasteiger partial charge is 0.467 e. The highest BCUT2D eigenvalue weighted by molar-refractivity contribution is 5.85. The number of amides is 1. The van der Waals surface area contributed by atoms with Crippen LogP contribution in [0.25, 0.3) is 11.3 Å².